The van der Waals surface area contributed by atoms with E-state index >= 15 is 0 Å². The zero-order valence-electron chi connectivity index (χ0n) is 16.6. The lowest BCUT2D eigenvalue weighted by molar-refractivity contribution is -0.136. The van der Waals surface area contributed by atoms with E-state index in [1.54, 1.807) is 0 Å². The summed E-state index contributed by atoms with van der Waals surface area (Å²) in [5.74, 6) is -0.0898. The number of rotatable bonds is 4. The minimum atomic E-state index is -0.827. The molecule has 29 heavy (non-hydrogen) atoms. The monoisotopic (exact) mass is 385 g/mol. The molecule has 0 bridgehead atoms. The molecule has 146 valence electrons. The molecule has 0 radical (unpaired) electrons. The molecule has 0 saturated carbocycles. The van der Waals surface area contributed by atoms with Crippen LogP contribution in [0.4, 0.5) is 0 Å². The fourth-order valence-electron chi connectivity index (χ4n) is 4.65. The summed E-state index contributed by atoms with van der Waals surface area (Å²) < 4.78 is 8.44. The Morgan fingerprint density at radius 3 is 2.52 bits per heavy atom. The van der Waals surface area contributed by atoms with Crippen molar-refractivity contribution in [3.63, 3.8) is 0 Å². The van der Waals surface area contributed by atoms with E-state index in [9.17, 15) is 9.90 Å². The molecule has 0 atom stereocenters. The van der Waals surface area contributed by atoms with Crippen molar-refractivity contribution < 1.29 is 14.3 Å². The summed E-state index contributed by atoms with van der Waals surface area (Å²) >= 11 is 0. The molecule has 0 unspecified atom stereocenters. The van der Waals surface area contributed by atoms with Gasteiger partial charge in [0, 0.05) is 34.4 Å². The van der Waals surface area contributed by atoms with E-state index in [4.69, 9.17) is 4.42 Å². The second-order valence-electron chi connectivity index (χ2n) is 8.66. The number of fused-ring (bicyclic) bond motifs is 2. The number of aliphatic carboxylic acids is 1. The molecule has 5 rings (SSSR count). The number of hydrogen-bond donors (Lipinski definition) is 1. The number of benzene rings is 2. The zero-order valence-corrected chi connectivity index (χ0v) is 16.6. The molecule has 2 aromatic carbocycles. The number of hydrogen-bond acceptors (Lipinski definition) is 2. The highest BCUT2D eigenvalue weighted by atomic mass is 16.4. The third-order valence-electron chi connectivity index (χ3n) is 5.76. The van der Waals surface area contributed by atoms with Gasteiger partial charge < -0.3 is 14.1 Å². The van der Waals surface area contributed by atoms with Crippen LogP contribution in [0, 0.1) is 5.41 Å². The van der Waals surface area contributed by atoms with Gasteiger partial charge in [0.2, 0.25) is 0 Å². The maximum absolute atomic E-state index is 11.8. The van der Waals surface area contributed by atoms with Crippen molar-refractivity contribution >= 4 is 16.9 Å². The SMILES string of the molecule is CC1(C)Cc2c(-c3ccccc3)c(-c3cc4ccccc4o3)c(CC(=O)O)n2C1. The summed E-state index contributed by atoms with van der Waals surface area (Å²) in [7, 11) is 0. The van der Waals surface area contributed by atoms with Gasteiger partial charge in [0.05, 0.1) is 6.42 Å². The molecule has 1 aliphatic rings. The van der Waals surface area contributed by atoms with E-state index in [0.717, 1.165) is 52.1 Å². The predicted octanol–water partition coefficient (Wildman–Crippen LogP) is 5.78. The van der Waals surface area contributed by atoms with Crippen LogP contribution in [0.5, 0.6) is 0 Å². The Morgan fingerprint density at radius 1 is 1.07 bits per heavy atom. The average Bonchev–Trinajstić information content (AvgIpc) is 3.31. The summed E-state index contributed by atoms with van der Waals surface area (Å²) in [4.78, 5) is 11.8. The van der Waals surface area contributed by atoms with Gasteiger partial charge in [0.15, 0.2) is 0 Å². The molecule has 4 aromatic rings. The Morgan fingerprint density at radius 2 is 1.79 bits per heavy atom. The van der Waals surface area contributed by atoms with Crippen LogP contribution < -0.4 is 0 Å². The topological polar surface area (TPSA) is 55.4 Å². The molecule has 0 aliphatic carbocycles. The number of carboxylic acid groups (broad SMARTS) is 1. The quantitative estimate of drug-likeness (QED) is 0.485. The molecule has 3 heterocycles. The van der Waals surface area contributed by atoms with Gasteiger partial charge in [-0.25, -0.2) is 0 Å². The second kappa shape index (κ2) is 6.38. The molecule has 0 spiro atoms. The van der Waals surface area contributed by atoms with Crippen LogP contribution in [0.3, 0.4) is 0 Å². The van der Waals surface area contributed by atoms with E-state index < -0.39 is 5.97 Å². The van der Waals surface area contributed by atoms with Crippen LogP contribution in [0.1, 0.15) is 25.2 Å². The van der Waals surface area contributed by atoms with E-state index in [1.807, 2.05) is 48.5 Å². The van der Waals surface area contributed by atoms with Gasteiger partial charge in [0.25, 0.3) is 0 Å². The molecular weight excluding hydrogens is 362 g/mol. The minimum absolute atomic E-state index is 0.0255. The van der Waals surface area contributed by atoms with E-state index in [2.05, 4.69) is 30.5 Å². The summed E-state index contributed by atoms with van der Waals surface area (Å²) in [6.07, 6.45) is 0.881. The summed E-state index contributed by atoms with van der Waals surface area (Å²) in [6, 6.07) is 20.2. The highest BCUT2D eigenvalue weighted by Gasteiger charge is 2.37. The lowest BCUT2D eigenvalue weighted by atomic mass is 9.87. The molecule has 1 N–H and O–H groups in total. The van der Waals surface area contributed by atoms with Crippen LogP contribution >= 0.6 is 0 Å². The Hall–Kier alpha value is -3.27. The average molecular weight is 385 g/mol. The first-order valence-electron chi connectivity index (χ1n) is 9.93. The van der Waals surface area contributed by atoms with Crippen molar-refractivity contribution in [1.82, 2.24) is 4.57 Å². The van der Waals surface area contributed by atoms with E-state index in [-0.39, 0.29) is 11.8 Å². The van der Waals surface area contributed by atoms with Crippen LogP contribution in [-0.2, 0) is 24.2 Å². The summed E-state index contributed by atoms with van der Waals surface area (Å²) in [6.45, 7) is 5.28. The molecule has 2 aromatic heterocycles. The predicted molar refractivity (Wildman–Crippen MR) is 114 cm³/mol. The van der Waals surface area contributed by atoms with Crippen molar-refractivity contribution in [3.05, 3.63) is 72.1 Å². The van der Waals surface area contributed by atoms with Gasteiger partial charge in [-0.05, 0) is 29.5 Å². The van der Waals surface area contributed by atoms with Crippen molar-refractivity contribution in [2.24, 2.45) is 5.41 Å². The van der Waals surface area contributed by atoms with Gasteiger partial charge in [-0.15, -0.1) is 0 Å². The maximum Gasteiger partial charge on any atom is 0.309 e. The molecular formula is C25H23NO3. The first-order chi connectivity index (χ1) is 13.9. The number of furan rings is 1. The first-order valence-corrected chi connectivity index (χ1v) is 9.93. The molecule has 4 nitrogen and oxygen atoms in total. The molecule has 0 saturated heterocycles. The van der Waals surface area contributed by atoms with Crippen LogP contribution in [0.25, 0.3) is 33.4 Å². The first kappa shape index (κ1) is 17.8. The Bertz CT molecular complexity index is 1190. The normalized spacial score (nSPS) is 15.0. The number of aromatic nitrogens is 1. The Kier molecular flexibility index (Phi) is 3.91. The smallest absolute Gasteiger partial charge is 0.309 e. The zero-order chi connectivity index (χ0) is 20.2. The van der Waals surface area contributed by atoms with E-state index in [1.165, 1.54) is 5.69 Å². The third kappa shape index (κ3) is 2.96. The molecule has 0 amide bonds. The maximum atomic E-state index is 11.8. The molecule has 4 heteroatoms. The highest BCUT2D eigenvalue weighted by molar-refractivity contribution is 5.92. The number of carboxylic acids is 1. The fourth-order valence-corrected chi connectivity index (χ4v) is 4.65. The summed E-state index contributed by atoms with van der Waals surface area (Å²) in [5, 5.41) is 10.7. The second-order valence-corrected chi connectivity index (χ2v) is 8.66. The van der Waals surface area contributed by atoms with Crippen molar-refractivity contribution in [3.8, 4) is 22.5 Å². The van der Waals surface area contributed by atoms with Gasteiger partial charge in [-0.2, -0.15) is 0 Å². The van der Waals surface area contributed by atoms with Gasteiger partial charge >= 0.3 is 5.97 Å². The van der Waals surface area contributed by atoms with Crippen LogP contribution in [-0.4, -0.2) is 15.6 Å². The molecule has 0 fully saturated rings. The fraction of sp³-hybridized carbons (Fsp3) is 0.240. The van der Waals surface area contributed by atoms with Gasteiger partial charge in [-0.3, -0.25) is 4.79 Å². The van der Waals surface area contributed by atoms with Crippen molar-refractivity contribution in [2.45, 2.75) is 33.2 Å². The Labute approximate surface area is 169 Å². The minimum Gasteiger partial charge on any atom is -0.481 e. The van der Waals surface area contributed by atoms with Gasteiger partial charge in [-0.1, -0.05) is 62.4 Å². The van der Waals surface area contributed by atoms with Crippen molar-refractivity contribution in [2.75, 3.05) is 0 Å². The lowest BCUT2D eigenvalue weighted by Crippen LogP contribution is -2.15. The number of para-hydroxylation sites is 1. The number of nitrogens with zero attached hydrogens (tertiary/aromatic N) is 1. The summed E-state index contributed by atoms with van der Waals surface area (Å²) in [5.41, 5.74) is 6.06. The highest BCUT2D eigenvalue weighted by Crippen LogP contribution is 2.47. The van der Waals surface area contributed by atoms with Crippen LogP contribution in [0.2, 0.25) is 0 Å². The largest absolute Gasteiger partial charge is 0.481 e. The standard InChI is InChI=1S/C25H23NO3/c1-25(2)14-19-23(16-8-4-3-5-9-16)24(18(13-22(27)28)26(19)15-25)21-12-17-10-6-7-11-20(17)29-21/h3-12H,13-15H2,1-2H3,(H,27,28). The lowest BCUT2D eigenvalue weighted by Gasteiger charge is -2.18. The van der Waals surface area contributed by atoms with Gasteiger partial charge in [0.1, 0.15) is 11.3 Å². The Balaban J connectivity index is 1.84. The van der Waals surface area contributed by atoms with Crippen molar-refractivity contribution in [1.29, 1.82) is 0 Å². The third-order valence-corrected chi connectivity index (χ3v) is 5.76. The molecule has 1 aliphatic heterocycles. The van der Waals surface area contributed by atoms with E-state index in [0.29, 0.717) is 0 Å². The number of carbonyl (C=O) groups is 1. The van der Waals surface area contributed by atoms with Crippen LogP contribution in [0.15, 0.2) is 65.1 Å².